The lowest BCUT2D eigenvalue weighted by Gasteiger charge is -2.11. The van der Waals surface area contributed by atoms with Crippen LogP contribution in [0.5, 0.6) is 0 Å². The van der Waals surface area contributed by atoms with Gasteiger partial charge in [-0.2, -0.15) is 0 Å². The molecule has 1 nitrogen and oxygen atoms in total. The Bertz CT molecular complexity index is 473. The summed E-state index contributed by atoms with van der Waals surface area (Å²) in [5.74, 6) is 3.72. The van der Waals surface area contributed by atoms with Crippen molar-refractivity contribution >= 4 is 15.9 Å². The molecule has 2 bridgehead atoms. The lowest BCUT2D eigenvalue weighted by atomic mass is 10.0. The van der Waals surface area contributed by atoms with Crippen molar-refractivity contribution in [3.05, 3.63) is 34.1 Å². The van der Waals surface area contributed by atoms with E-state index in [0.29, 0.717) is 6.04 Å². The summed E-state index contributed by atoms with van der Waals surface area (Å²) in [6.07, 6.45) is 4.39. The fraction of sp³-hybridized carbons (Fsp3) is 0.600. The highest BCUT2D eigenvalue weighted by Crippen LogP contribution is 2.65. The quantitative estimate of drug-likeness (QED) is 0.897. The van der Waals surface area contributed by atoms with E-state index < -0.39 is 0 Å². The molecule has 0 aromatic heterocycles. The minimum absolute atomic E-state index is 0.147. The lowest BCUT2D eigenvalue weighted by Crippen LogP contribution is -2.22. The van der Waals surface area contributed by atoms with E-state index >= 15 is 0 Å². The average molecular weight is 310 g/mol. The van der Waals surface area contributed by atoms with Crippen LogP contribution in [0.4, 0.5) is 4.39 Å². The van der Waals surface area contributed by atoms with E-state index in [1.54, 1.807) is 12.1 Å². The molecule has 0 heterocycles. The number of rotatable bonds is 3. The molecule has 1 N–H and O–H groups in total. The van der Waals surface area contributed by atoms with E-state index in [-0.39, 0.29) is 5.82 Å². The first-order chi connectivity index (χ1) is 8.74. The molecule has 0 radical (unpaired) electrons. The number of fused-ring (bicyclic) bond motifs is 5. The Morgan fingerprint density at radius 3 is 2.67 bits per heavy atom. The van der Waals surface area contributed by atoms with Crippen LogP contribution in [0.3, 0.4) is 0 Å². The minimum atomic E-state index is -0.147. The highest BCUT2D eigenvalue weighted by atomic mass is 79.9. The van der Waals surface area contributed by atoms with Gasteiger partial charge in [-0.25, -0.2) is 4.39 Å². The van der Waals surface area contributed by atoms with E-state index in [2.05, 4.69) is 21.2 Å². The average Bonchev–Trinajstić information content (AvgIpc) is 2.76. The molecule has 3 aliphatic rings. The summed E-state index contributed by atoms with van der Waals surface area (Å²) in [4.78, 5) is 0. The maximum absolute atomic E-state index is 13.2. The molecule has 3 heteroatoms. The molecule has 3 aliphatic carbocycles. The zero-order chi connectivity index (χ0) is 12.3. The van der Waals surface area contributed by atoms with Crippen molar-refractivity contribution in [1.29, 1.82) is 0 Å². The van der Waals surface area contributed by atoms with Crippen LogP contribution < -0.4 is 5.32 Å². The predicted octanol–water partition coefficient (Wildman–Crippen LogP) is 3.72. The van der Waals surface area contributed by atoms with Crippen LogP contribution >= 0.6 is 15.9 Å². The van der Waals surface area contributed by atoms with Crippen LogP contribution in [-0.2, 0) is 6.54 Å². The standard InChI is InChI=1S/C15H17BrFN/c16-12-4-3-11(17)6-10(12)7-18-15-13-8-1-2-9(5-8)14(13)15/h3-4,6,8-9,13-15,18H,1-2,5,7H2. The molecule has 0 spiro atoms. The van der Waals surface area contributed by atoms with Crippen molar-refractivity contribution in [2.24, 2.45) is 23.7 Å². The Morgan fingerprint density at radius 1 is 1.22 bits per heavy atom. The monoisotopic (exact) mass is 309 g/mol. The maximum atomic E-state index is 13.2. The van der Waals surface area contributed by atoms with Gasteiger partial charge in [-0.05, 0) is 66.7 Å². The van der Waals surface area contributed by atoms with Gasteiger partial charge < -0.3 is 5.32 Å². The zero-order valence-electron chi connectivity index (χ0n) is 10.2. The summed E-state index contributed by atoms with van der Waals surface area (Å²) < 4.78 is 14.2. The molecule has 3 fully saturated rings. The Labute approximate surface area is 115 Å². The van der Waals surface area contributed by atoms with Crippen molar-refractivity contribution in [3.63, 3.8) is 0 Å². The van der Waals surface area contributed by atoms with Crippen LogP contribution in [0, 0.1) is 29.5 Å². The fourth-order valence-electron chi connectivity index (χ4n) is 4.50. The molecule has 1 aromatic carbocycles. The second-order valence-electron chi connectivity index (χ2n) is 6.13. The minimum Gasteiger partial charge on any atom is -0.309 e. The largest absolute Gasteiger partial charge is 0.309 e. The van der Waals surface area contributed by atoms with Gasteiger partial charge in [0.25, 0.3) is 0 Å². The first-order valence-corrected chi connectivity index (χ1v) is 7.70. The number of hydrogen-bond acceptors (Lipinski definition) is 1. The molecule has 0 aliphatic heterocycles. The van der Waals surface area contributed by atoms with Crippen LogP contribution in [0.2, 0.25) is 0 Å². The Kier molecular flexibility index (Phi) is 2.56. The van der Waals surface area contributed by atoms with Crippen molar-refractivity contribution in [3.8, 4) is 0 Å². The summed E-state index contributed by atoms with van der Waals surface area (Å²) in [6, 6.07) is 5.64. The van der Waals surface area contributed by atoms with E-state index in [0.717, 1.165) is 40.3 Å². The van der Waals surface area contributed by atoms with Crippen molar-refractivity contribution < 1.29 is 4.39 Å². The van der Waals surface area contributed by atoms with E-state index in [4.69, 9.17) is 0 Å². The molecule has 0 amide bonds. The number of benzene rings is 1. The second-order valence-corrected chi connectivity index (χ2v) is 6.98. The predicted molar refractivity (Wildman–Crippen MR) is 72.5 cm³/mol. The topological polar surface area (TPSA) is 12.0 Å². The van der Waals surface area contributed by atoms with Gasteiger partial charge in [-0.15, -0.1) is 0 Å². The smallest absolute Gasteiger partial charge is 0.123 e. The number of hydrogen-bond donors (Lipinski definition) is 1. The van der Waals surface area contributed by atoms with Crippen molar-refractivity contribution in [2.75, 3.05) is 0 Å². The normalized spacial score (nSPS) is 40.0. The van der Waals surface area contributed by atoms with Gasteiger partial charge in [0.15, 0.2) is 0 Å². The molecule has 96 valence electrons. The molecular formula is C15H17BrFN. The summed E-state index contributed by atoms with van der Waals surface area (Å²) in [5.41, 5.74) is 1.03. The second kappa shape index (κ2) is 4.04. The third kappa shape index (κ3) is 1.67. The van der Waals surface area contributed by atoms with Gasteiger partial charge in [-0.3, -0.25) is 0 Å². The first-order valence-electron chi connectivity index (χ1n) is 6.91. The Morgan fingerprint density at radius 2 is 1.94 bits per heavy atom. The van der Waals surface area contributed by atoms with Crippen LogP contribution in [-0.4, -0.2) is 6.04 Å². The summed E-state index contributed by atoms with van der Waals surface area (Å²) in [6.45, 7) is 0.787. The van der Waals surface area contributed by atoms with E-state index in [1.807, 2.05) is 0 Å². The van der Waals surface area contributed by atoms with E-state index in [9.17, 15) is 4.39 Å². The van der Waals surface area contributed by atoms with Gasteiger partial charge in [0, 0.05) is 17.1 Å². The maximum Gasteiger partial charge on any atom is 0.123 e. The van der Waals surface area contributed by atoms with Gasteiger partial charge in [0.05, 0.1) is 0 Å². The van der Waals surface area contributed by atoms with Gasteiger partial charge >= 0.3 is 0 Å². The Hall–Kier alpha value is -0.410. The fourth-order valence-corrected chi connectivity index (χ4v) is 4.89. The molecule has 1 aromatic rings. The highest BCUT2D eigenvalue weighted by Gasteiger charge is 2.64. The summed E-state index contributed by atoms with van der Waals surface area (Å²) >= 11 is 3.49. The summed E-state index contributed by atoms with van der Waals surface area (Å²) in [7, 11) is 0. The Balaban J connectivity index is 1.41. The SMILES string of the molecule is Fc1ccc(Br)c(CNC2C3C4CCC(C4)C23)c1. The molecule has 18 heavy (non-hydrogen) atoms. The van der Waals surface area contributed by atoms with Crippen molar-refractivity contribution in [1.82, 2.24) is 5.32 Å². The molecule has 4 rings (SSSR count). The van der Waals surface area contributed by atoms with Crippen LogP contribution in [0.1, 0.15) is 24.8 Å². The first kappa shape index (κ1) is 11.4. The van der Waals surface area contributed by atoms with Gasteiger partial charge in [0.1, 0.15) is 5.82 Å². The third-order valence-corrected chi connectivity index (χ3v) is 6.04. The van der Waals surface area contributed by atoms with Gasteiger partial charge in [0.2, 0.25) is 0 Å². The molecule has 0 saturated heterocycles. The number of halogens is 2. The molecular weight excluding hydrogens is 293 g/mol. The lowest BCUT2D eigenvalue weighted by molar-refractivity contribution is 0.456. The third-order valence-electron chi connectivity index (χ3n) is 5.27. The zero-order valence-corrected chi connectivity index (χ0v) is 11.8. The van der Waals surface area contributed by atoms with Crippen LogP contribution in [0.25, 0.3) is 0 Å². The molecule has 4 atom stereocenters. The summed E-state index contributed by atoms with van der Waals surface area (Å²) in [5, 5.41) is 3.65. The van der Waals surface area contributed by atoms with Crippen LogP contribution in [0.15, 0.2) is 22.7 Å². The number of nitrogens with one attached hydrogen (secondary N) is 1. The van der Waals surface area contributed by atoms with Gasteiger partial charge in [-0.1, -0.05) is 15.9 Å². The van der Waals surface area contributed by atoms with Crippen molar-refractivity contribution in [2.45, 2.75) is 31.8 Å². The molecule has 3 saturated carbocycles. The molecule has 4 unspecified atom stereocenters. The highest BCUT2D eigenvalue weighted by molar-refractivity contribution is 9.10. The van der Waals surface area contributed by atoms with E-state index in [1.165, 1.54) is 25.3 Å².